The molecule has 0 radical (unpaired) electrons. The van der Waals surface area contributed by atoms with Crippen LogP contribution in [0.5, 0.6) is 0 Å². The Balaban J connectivity index is 3.53. The van der Waals surface area contributed by atoms with Gasteiger partial charge in [0.05, 0.1) is 5.56 Å². The van der Waals surface area contributed by atoms with Gasteiger partial charge < -0.3 is 5.73 Å². The van der Waals surface area contributed by atoms with Crippen molar-refractivity contribution in [2.45, 2.75) is 24.1 Å². The van der Waals surface area contributed by atoms with Crippen LogP contribution in [0.3, 0.4) is 0 Å². The first-order chi connectivity index (χ1) is 8.71. The fourth-order valence-electron chi connectivity index (χ4n) is 1.43. The number of benzene rings is 1. The molecule has 2 N–H and O–H groups in total. The quantitative estimate of drug-likeness (QED) is 0.780. The Morgan fingerprint density at radius 1 is 0.700 bits per heavy atom. The molecule has 1 nitrogen and oxygen atoms in total. The summed E-state index contributed by atoms with van der Waals surface area (Å²) in [6.07, 6.45) is -17.1. The Hall–Kier alpha value is -1.45. The molecule has 0 aliphatic carbocycles. The number of hydrogen-bond acceptors (Lipinski definition) is 1. The molecule has 10 heteroatoms. The van der Waals surface area contributed by atoms with Gasteiger partial charge >= 0.3 is 18.5 Å². The van der Waals surface area contributed by atoms with Gasteiger partial charge in [0.2, 0.25) is 5.54 Å². The van der Waals surface area contributed by atoms with Crippen LogP contribution in [0.2, 0.25) is 0 Å². The van der Waals surface area contributed by atoms with E-state index in [1.165, 1.54) is 0 Å². The van der Waals surface area contributed by atoms with Gasteiger partial charge in [0.25, 0.3) is 0 Å². The van der Waals surface area contributed by atoms with Crippen LogP contribution in [0.4, 0.5) is 39.5 Å². The van der Waals surface area contributed by atoms with Crippen molar-refractivity contribution < 1.29 is 39.5 Å². The monoisotopic (exact) mass is 311 g/mol. The molecule has 0 aliphatic rings. The molecule has 0 saturated heterocycles. The van der Waals surface area contributed by atoms with Crippen molar-refractivity contribution >= 4 is 0 Å². The third kappa shape index (κ3) is 2.69. The summed E-state index contributed by atoms with van der Waals surface area (Å²) in [4.78, 5) is 0. The molecule has 20 heavy (non-hydrogen) atoms. The Morgan fingerprint density at radius 2 is 1.10 bits per heavy atom. The van der Waals surface area contributed by atoms with Gasteiger partial charge in [0.15, 0.2) is 0 Å². The van der Waals surface area contributed by atoms with Crippen molar-refractivity contribution in [3.8, 4) is 0 Å². The first-order valence-electron chi connectivity index (χ1n) is 4.81. The molecule has 0 aliphatic heterocycles. The highest BCUT2D eigenvalue weighted by Gasteiger charge is 2.69. The van der Waals surface area contributed by atoms with Crippen LogP contribution in [-0.2, 0) is 11.7 Å². The summed E-state index contributed by atoms with van der Waals surface area (Å²) in [6, 6.07) is 0.755. The highest BCUT2D eigenvalue weighted by Crippen LogP contribution is 2.48. The molecule has 1 rings (SSSR count). The molecule has 0 fully saturated rings. The van der Waals surface area contributed by atoms with E-state index < -0.39 is 35.2 Å². The second-order valence-electron chi connectivity index (χ2n) is 3.88. The van der Waals surface area contributed by atoms with E-state index in [4.69, 9.17) is 0 Å². The predicted molar refractivity (Wildman–Crippen MR) is 49.4 cm³/mol. The summed E-state index contributed by atoms with van der Waals surface area (Å²) in [6.45, 7) is 0. The van der Waals surface area contributed by atoms with Crippen LogP contribution in [0.1, 0.15) is 11.1 Å². The third-order valence-corrected chi connectivity index (χ3v) is 2.54. The lowest BCUT2D eigenvalue weighted by molar-refractivity contribution is -0.302. The summed E-state index contributed by atoms with van der Waals surface area (Å²) in [7, 11) is 0. The van der Waals surface area contributed by atoms with E-state index >= 15 is 0 Å². The number of hydrogen-bond donors (Lipinski definition) is 1. The summed E-state index contributed by atoms with van der Waals surface area (Å²) >= 11 is 0. The summed E-state index contributed by atoms with van der Waals surface area (Å²) in [5.74, 6) is 0. The smallest absolute Gasteiger partial charge is 0.306 e. The number of nitrogens with two attached hydrogens (primary N) is 1. The molecular weight excluding hydrogens is 305 g/mol. The molecule has 0 spiro atoms. The SMILES string of the molecule is NC(c1cccc(C(F)(F)F)c1)(C(F)(F)F)C(F)(F)F. The molecule has 0 unspecified atom stereocenters. The average Bonchev–Trinajstić information content (AvgIpc) is 2.24. The van der Waals surface area contributed by atoms with Gasteiger partial charge in [-0.3, -0.25) is 0 Å². The molecule has 0 aromatic heterocycles. The first kappa shape index (κ1) is 16.6. The number of halogens is 9. The lowest BCUT2D eigenvalue weighted by Crippen LogP contribution is -2.60. The van der Waals surface area contributed by atoms with Gasteiger partial charge in [-0.15, -0.1) is 0 Å². The number of alkyl halides is 9. The van der Waals surface area contributed by atoms with Crippen molar-refractivity contribution in [2.24, 2.45) is 5.73 Å². The highest BCUT2D eigenvalue weighted by molar-refractivity contribution is 5.33. The van der Waals surface area contributed by atoms with Crippen LogP contribution in [0.25, 0.3) is 0 Å². The van der Waals surface area contributed by atoms with E-state index in [0.29, 0.717) is 12.1 Å². The summed E-state index contributed by atoms with van der Waals surface area (Å²) < 4.78 is 113. The van der Waals surface area contributed by atoms with Gasteiger partial charge in [0, 0.05) is 0 Å². The van der Waals surface area contributed by atoms with E-state index in [0.717, 1.165) is 0 Å². The Kier molecular flexibility index (Phi) is 3.77. The lowest BCUT2D eigenvalue weighted by atomic mass is 9.88. The molecule has 0 heterocycles. The maximum absolute atomic E-state index is 12.6. The zero-order valence-corrected chi connectivity index (χ0v) is 9.29. The minimum Gasteiger partial charge on any atom is -0.306 e. The Morgan fingerprint density at radius 3 is 1.45 bits per heavy atom. The zero-order chi connectivity index (χ0) is 16.0. The maximum Gasteiger partial charge on any atom is 0.419 e. The topological polar surface area (TPSA) is 26.0 Å². The fraction of sp³-hybridized carbons (Fsp3) is 0.400. The molecule has 0 saturated carbocycles. The van der Waals surface area contributed by atoms with E-state index in [1.54, 1.807) is 0 Å². The highest BCUT2D eigenvalue weighted by atomic mass is 19.4. The standard InChI is InChI=1S/C10H6F9N/c11-8(12,13)6-3-1-2-5(4-6)7(20,9(14,15)16)10(17,18)19/h1-4H,20H2. The first-order valence-corrected chi connectivity index (χ1v) is 4.81. The minimum absolute atomic E-state index is 0.246. The molecule has 0 bridgehead atoms. The molecular formula is C10H6F9N. The zero-order valence-electron chi connectivity index (χ0n) is 9.29. The average molecular weight is 311 g/mol. The Labute approximate surface area is 106 Å². The molecule has 0 amide bonds. The Bertz CT molecular complexity index is 469. The van der Waals surface area contributed by atoms with Gasteiger partial charge in [-0.1, -0.05) is 12.1 Å². The van der Waals surface area contributed by atoms with Crippen molar-refractivity contribution in [1.29, 1.82) is 0 Å². The van der Waals surface area contributed by atoms with Crippen LogP contribution in [0, 0.1) is 0 Å². The largest absolute Gasteiger partial charge is 0.419 e. The third-order valence-electron chi connectivity index (χ3n) is 2.54. The van der Waals surface area contributed by atoms with E-state index in [9.17, 15) is 39.5 Å². The maximum atomic E-state index is 12.6. The van der Waals surface area contributed by atoms with Gasteiger partial charge in [-0.2, -0.15) is 39.5 Å². The van der Waals surface area contributed by atoms with Gasteiger partial charge in [-0.25, -0.2) is 0 Å². The minimum atomic E-state index is -6.00. The van der Waals surface area contributed by atoms with Crippen LogP contribution in [-0.4, -0.2) is 12.4 Å². The van der Waals surface area contributed by atoms with E-state index in [1.807, 2.05) is 0 Å². The van der Waals surface area contributed by atoms with Crippen LogP contribution < -0.4 is 5.73 Å². The van der Waals surface area contributed by atoms with Crippen molar-refractivity contribution in [3.63, 3.8) is 0 Å². The molecule has 1 aromatic rings. The van der Waals surface area contributed by atoms with Crippen molar-refractivity contribution in [3.05, 3.63) is 35.4 Å². The van der Waals surface area contributed by atoms with Crippen LogP contribution in [0.15, 0.2) is 24.3 Å². The van der Waals surface area contributed by atoms with Crippen molar-refractivity contribution in [2.75, 3.05) is 0 Å². The normalized spacial score (nSPS) is 14.5. The van der Waals surface area contributed by atoms with E-state index in [2.05, 4.69) is 5.73 Å². The second kappa shape index (κ2) is 4.54. The summed E-state index contributed by atoms with van der Waals surface area (Å²) in [5.41, 5.74) is -3.89. The van der Waals surface area contributed by atoms with E-state index in [-0.39, 0.29) is 12.1 Å². The van der Waals surface area contributed by atoms with Crippen molar-refractivity contribution in [1.82, 2.24) is 0 Å². The van der Waals surface area contributed by atoms with Gasteiger partial charge in [0.1, 0.15) is 0 Å². The lowest BCUT2D eigenvalue weighted by Gasteiger charge is -2.34. The molecule has 1 aromatic carbocycles. The molecule has 0 atom stereocenters. The van der Waals surface area contributed by atoms with Gasteiger partial charge in [-0.05, 0) is 17.7 Å². The second-order valence-corrected chi connectivity index (χ2v) is 3.88. The number of rotatable bonds is 1. The van der Waals surface area contributed by atoms with Crippen LogP contribution >= 0.6 is 0 Å². The summed E-state index contributed by atoms with van der Waals surface area (Å²) in [5, 5.41) is 0. The predicted octanol–water partition coefficient (Wildman–Crippen LogP) is 3.98. The fourth-order valence-corrected chi connectivity index (χ4v) is 1.43. The molecule has 114 valence electrons.